The average molecular weight is 321 g/mol. The van der Waals surface area contributed by atoms with Crippen molar-refractivity contribution in [3.05, 3.63) is 52.8 Å². The van der Waals surface area contributed by atoms with E-state index in [2.05, 4.69) is 10.2 Å². The second-order valence-corrected chi connectivity index (χ2v) is 5.97. The molecule has 0 aliphatic rings. The lowest BCUT2D eigenvalue weighted by Gasteiger charge is -2.00. The Morgan fingerprint density at radius 3 is 2.67 bits per heavy atom. The Balaban J connectivity index is 1.74. The van der Waals surface area contributed by atoms with Crippen LogP contribution in [0.5, 0.6) is 0 Å². The van der Waals surface area contributed by atoms with Gasteiger partial charge in [-0.2, -0.15) is 0 Å². The summed E-state index contributed by atoms with van der Waals surface area (Å²) in [5.74, 6) is 3.23. The van der Waals surface area contributed by atoms with E-state index in [1.807, 2.05) is 44.2 Å². The first-order valence-corrected chi connectivity index (χ1v) is 7.77. The van der Waals surface area contributed by atoms with Gasteiger partial charge in [0.05, 0.1) is 16.3 Å². The minimum atomic E-state index is 0.485. The van der Waals surface area contributed by atoms with Gasteiger partial charge in [0, 0.05) is 4.90 Å². The molecule has 0 atom stereocenters. The summed E-state index contributed by atoms with van der Waals surface area (Å²) in [4.78, 5) is 0.995. The van der Waals surface area contributed by atoms with Gasteiger partial charge in [0.2, 0.25) is 5.89 Å². The molecule has 2 aromatic heterocycles. The van der Waals surface area contributed by atoms with Crippen molar-refractivity contribution < 1.29 is 8.83 Å². The summed E-state index contributed by atoms with van der Waals surface area (Å²) in [5, 5.41) is 8.86. The lowest BCUT2D eigenvalue weighted by Crippen LogP contribution is -1.81. The maximum absolute atomic E-state index is 6.12. The van der Waals surface area contributed by atoms with Gasteiger partial charge in [-0.25, -0.2) is 0 Å². The summed E-state index contributed by atoms with van der Waals surface area (Å²) in [7, 11) is 0. The zero-order valence-electron chi connectivity index (χ0n) is 11.6. The van der Waals surface area contributed by atoms with Crippen molar-refractivity contribution >= 4 is 23.4 Å². The monoisotopic (exact) mass is 320 g/mol. The maximum Gasteiger partial charge on any atom is 0.251 e. The van der Waals surface area contributed by atoms with Gasteiger partial charge in [-0.05, 0) is 32.0 Å². The molecular formula is C15H13ClN2O2S. The summed E-state index contributed by atoms with van der Waals surface area (Å²) in [5.41, 5.74) is 0.842. The van der Waals surface area contributed by atoms with Crippen molar-refractivity contribution in [2.45, 2.75) is 24.5 Å². The molecule has 3 aromatic rings. The molecule has 0 bridgehead atoms. The first-order chi connectivity index (χ1) is 10.1. The molecule has 1 aromatic carbocycles. The molecule has 0 N–H and O–H groups in total. The molecule has 4 nitrogen and oxygen atoms in total. The molecule has 6 heteroatoms. The highest BCUT2D eigenvalue weighted by Gasteiger charge is 2.14. The molecule has 0 unspecified atom stereocenters. The normalized spacial score (nSPS) is 11.0. The summed E-state index contributed by atoms with van der Waals surface area (Å²) in [6.07, 6.45) is 0. The number of thioether (sulfide) groups is 1. The molecule has 0 amide bonds. The number of hydrogen-bond acceptors (Lipinski definition) is 5. The van der Waals surface area contributed by atoms with Crippen LogP contribution in [0.1, 0.15) is 17.4 Å². The van der Waals surface area contributed by atoms with Gasteiger partial charge in [-0.1, -0.05) is 23.7 Å². The van der Waals surface area contributed by atoms with Crippen LogP contribution in [0.15, 0.2) is 44.1 Å². The Labute approximate surface area is 131 Å². The van der Waals surface area contributed by atoms with Gasteiger partial charge in [0.15, 0.2) is 0 Å². The summed E-state index contributed by atoms with van der Waals surface area (Å²) in [6, 6.07) is 9.58. The zero-order chi connectivity index (χ0) is 14.8. The van der Waals surface area contributed by atoms with Crippen molar-refractivity contribution in [1.82, 2.24) is 10.2 Å². The van der Waals surface area contributed by atoms with E-state index in [1.165, 1.54) is 0 Å². The van der Waals surface area contributed by atoms with E-state index in [0.717, 1.165) is 27.0 Å². The van der Waals surface area contributed by atoms with E-state index in [-0.39, 0.29) is 0 Å². The SMILES string of the molecule is Cc1cc(-c2nnc(CSc3ccccc3Cl)o2)c(C)o1. The fourth-order valence-corrected chi connectivity index (χ4v) is 3.04. The fourth-order valence-electron chi connectivity index (χ4n) is 1.97. The minimum absolute atomic E-state index is 0.485. The maximum atomic E-state index is 6.12. The fraction of sp³-hybridized carbons (Fsp3) is 0.200. The minimum Gasteiger partial charge on any atom is -0.466 e. The van der Waals surface area contributed by atoms with Crippen LogP contribution in [0.2, 0.25) is 5.02 Å². The lowest BCUT2D eigenvalue weighted by molar-refractivity contribution is 0.499. The van der Waals surface area contributed by atoms with E-state index in [0.29, 0.717) is 17.5 Å². The number of aryl methyl sites for hydroxylation is 2. The van der Waals surface area contributed by atoms with Crippen LogP contribution >= 0.6 is 23.4 Å². The Bertz CT molecular complexity index is 767. The van der Waals surface area contributed by atoms with Gasteiger partial charge in [0.25, 0.3) is 5.89 Å². The van der Waals surface area contributed by atoms with Crippen LogP contribution in [0.25, 0.3) is 11.5 Å². The molecule has 0 fully saturated rings. The van der Waals surface area contributed by atoms with Crippen LogP contribution in [0, 0.1) is 13.8 Å². The molecule has 0 aliphatic carbocycles. The van der Waals surface area contributed by atoms with Crippen molar-refractivity contribution in [3.63, 3.8) is 0 Å². The van der Waals surface area contributed by atoms with Crippen LogP contribution in [-0.4, -0.2) is 10.2 Å². The summed E-state index contributed by atoms with van der Waals surface area (Å²) in [6.45, 7) is 3.77. The summed E-state index contributed by atoms with van der Waals surface area (Å²) >= 11 is 7.68. The topological polar surface area (TPSA) is 52.1 Å². The van der Waals surface area contributed by atoms with E-state index in [1.54, 1.807) is 11.8 Å². The molecule has 0 spiro atoms. The largest absolute Gasteiger partial charge is 0.466 e. The number of benzene rings is 1. The zero-order valence-corrected chi connectivity index (χ0v) is 13.2. The molecule has 0 saturated carbocycles. The molecule has 0 saturated heterocycles. The number of hydrogen-bond donors (Lipinski definition) is 0. The smallest absolute Gasteiger partial charge is 0.251 e. The highest BCUT2D eigenvalue weighted by molar-refractivity contribution is 7.98. The van der Waals surface area contributed by atoms with E-state index >= 15 is 0 Å². The van der Waals surface area contributed by atoms with Gasteiger partial charge in [-0.15, -0.1) is 22.0 Å². The Morgan fingerprint density at radius 1 is 1.14 bits per heavy atom. The highest BCUT2D eigenvalue weighted by Crippen LogP contribution is 2.30. The number of furan rings is 1. The Hall–Kier alpha value is -1.72. The first-order valence-electron chi connectivity index (χ1n) is 6.40. The standard InChI is InChI=1S/C15H13ClN2O2S/c1-9-7-11(10(2)19-9)15-18-17-14(20-15)8-21-13-6-4-3-5-12(13)16/h3-7H,8H2,1-2H3. The second-order valence-electron chi connectivity index (χ2n) is 4.55. The molecule has 21 heavy (non-hydrogen) atoms. The van der Waals surface area contributed by atoms with Crippen molar-refractivity contribution in [2.75, 3.05) is 0 Å². The van der Waals surface area contributed by atoms with Crippen molar-refractivity contribution in [2.24, 2.45) is 0 Å². The number of aromatic nitrogens is 2. The van der Waals surface area contributed by atoms with Crippen LogP contribution in [-0.2, 0) is 5.75 Å². The quantitative estimate of drug-likeness (QED) is 0.640. The Kier molecular flexibility index (Phi) is 4.03. The van der Waals surface area contributed by atoms with Gasteiger partial charge >= 0.3 is 0 Å². The van der Waals surface area contributed by atoms with Gasteiger partial charge < -0.3 is 8.83 Å². The third-order valence-electron chi connectivity index (χ3n) is 2.93. The predicted octanol–water partition coefficient (Wildman–Crippen LogP) is 4.89. The number of rotatable bonds is 4. The van der Waals surface area contributed by atoms with Crippen molar-refractivity contribution in [1.29, 1.82) is 0 Å². The highest BCUT2D eigenvalue weighted by atomic mass is 35.5. The van der Waals surface area contributed by atoms with Gasteiger partial charge in [-0.3, -0.25) is 0 Å². The average Bonchev–Trinajstić information content (AvgIpc) is 3.04. The van der Waals surface area contributed by atoms with Gasteiger partial charge in [0.1, 0.15) is 11.5 Å². The number of halogens is 1. The molecule has 108 valence electrons. The van der Waals surface area contributed by atoms with Crippen LogP contribution < -0.4 is 0 Å². The predicted molar refractivity (Wildman–Crippen MR) is 82.5 cm³/mol. The molecular weight excluding hydrogens is 308 g/mol. The van der Waals surface area contributed by atoms with E-state index < -0.39 is 0 Å². The first kappa shape index (κ1) is 14.2. The van der Waals surface area contributed by atoms with E-state index in [4.69, 9.17) is 20.4 Å². The molecule has 0 aliphatic heterocycles. The Morgan fingerprint density at radius 2 is 1.95 bits per heavy atom. The molecule has 2 heterocycles. The van der Waals surface area contributed by atoms with Crippen LogP contribution in [0.4, 0.5) is 0 Å². The van der Waals surface area contributed by atoms with Crippen LogP contribution in [0.3, 0.4) is 0 Å². The van der Waals surface area contributed by atoms with Crippen molar-refractivity contribution in [3.8, 4) is 11.5 Å². The third kappa shape index (κ3) is 3.14. The third-order valence-corrected chi connectivity index (χ3v) is 4.43. The molecule has 3 rings (SSSR count). The van der Waals surface area contributed by atoms with E-state index in [9.17, 15) is 0 Å². The number of nitrogens with zero attached hydrogens (tertiary/aromatic N) is 2. The summed E-state index contributed by atoms with van der Waals surface area (Å²) < 4.78 is 11.2. The lowest BCUT2D eigenvalue weighted by atomic mass is 10.2. The molecule has 0 radical (unpaired) electrons. The second kappa shape index (κ2) is 5.95.